The molecular formula is C25H23F2N3O5S. The number of carbonyl (C=O) groups excluding carboxylic acids is 2. The standard InChI is InChI=1S/C25H23F2N3O5S/c1-28-24(32)23(31)22-25(33)29-9-10-35-11-17(29)21(30(22)34-2)19-13-7-8-16(26)20(27)15(13)12-36-18-6-4-3-5-14(18)19/h3-8,17,19,21,31H,1,9-12H2,2H3/b23-22+. The Hall–Kier alpha value is -3.28. The van der Waals surface area contributed by atoms with Crippen LogP contribution in [0.5, 0.6) is 0 Å². The maximum absolute atomic E-state index is 15.1. The Morgan fingerprint density at radius 2 is 2.03 bits per heavy atom. The van der Waals surface area contributed by atoms with E-state index in [2.05, 4.69) is 11.7 Å². The highest BCUT2D eigenvalue weighted by Crippen LogP contribution is 2.47. The van der Waals surface area contributed by atoms with Crippen LogP contribution in [0, 0.1) is 11.6 Å². The molecule has 2 amide bonds. The van der Waals surface area contributed by atoms with Crippen LogP contribution in [-0.2, 0) is 24.9 Å². The van der Waals surface area contributed by atoms with Crippen molar-refractivity contribution in [3.8, 4) is 0 Å². The average molecular weight is 516 g/mol. The Labute approximate surface area is 210 Å². The zero-order valence-corrected chi connectivity index (χ0v) is 20.1. The number of ether oxygens (including phenoxy) is 1. The zero-order valence-electron chi connectivity index (χ0n) is 19.3. The molecule has 3 atom stereocenters. The summed E-state index contributed by atoms with van der Waals surface area (Å²) in [5, 5.41) is 11.9. The third kappa shape index (κ3) is 3.78. The normalized spacial score (nSPS) is 24.9. The average Bonchev–Trinajstić information content (AvgIpc) is 3.07. The molecule has 2 fully saturated rings. The van der Waals surface area contributed by atoms with Crippen LogP contribution in [-0.4, -0.2) is 72.6 Å². The molecule has 2 aromatic carbocycles. The minimum atomic E-state index is -1.09. The van der Waals surface area contributed by atoms with Gasteiger partial charge in [-0.05, 0) is 30.0 Å². The first-order valence-electron chi connectivity index (χ1n) is 11.2. The zero-order chi connectivity index (χ0) is 25.6. The van der Waals surface area contributed by atoms with Gasteiger partial charge in [-0.15, -0.1) is 11.8 Å². The van der Waals surface area contributed by atoms with Gasteiger partial charge >= 0.3 is 5.91 Å². The van der Waals surface area contributed by atoms with Crippen molar-refractivity contribution in [2.75, 3.05) is 26.9 Å². The smallest absolute Gasteiger partial charge is 0.313 e. The van der Waals surface area contributed by atoms with E-state index >= 15 is 4.39 Å². The lowest BCUT2D eigenvalue weighted by molar-refractivity contribution is -0.200. The van der Waals surface area contributed by atoms with E-state index in [1.807, 2.05) is 24.3 Å². The Morgan fingerprint density at radius 1 is 1.25 bits per heavy atom. The molecule has 3 aliphatic rings. The quantitative estimate of drug-likeness (QED) is 0.382. The predicted octanol–water partition coefficient (Wildman–Crippen LogP) is 3.17. The first kappa shape index (κ1) is 24.4. The first-order valence-corrected chi connectivity index (χ1v) is 12.2. The van der Waals surface area contributed by atoms with Gasteiger partial charge in [0, 0.05) is 28.7 Å². The van der Waals surface area contributed by atoms with Gasteiger partial charge in [0.05, 0.1) is 32.4 Å². The Morgan fingerprint density at radius 3 is 2.78 bits per heavy atom. The molecule has 188 valence electrons. The molecule has 5 rings (SSSR count). The number of fused-ring (bicyclic) bond motifs is 3. The molecule has 0 saturated carbocycles. The second kappa shape index (κ2) is 9.64. The number of rotatable bonds is 3. The number of hydroxylamine groups is 2. The summed E-state index contributed by atoms with van der Waals surface area (Å²) in [6.45, 7) is 3.76. The van der Waals surface area contributed by atoms with E-state index in [0.29, 0.717) is 5.56 Å². The van der Waals surface area contributed by atoms with Crippen molar-refractivity contribution >= 4 is 30.3 Å². The van der Waals surface area contributed by atoms with Gasteiger partial charge in [0.2, 0.25) is 5.76 Å². The lowest BCUT2D eigenvalue weighted by Crippen LogP contribution is -2.66. The summed E-state index contributed by atoms with van der Waals surface area (Å²) in [5.41, 5.74) is 1.14. The topological polar surface area (TPSA) is 91.7 Å². The fourth-order valence-corrected chi connectivity index (χ4v) is 6.38. The number of aliphatic hydroxyl groups excluding tert-OH is 1. The molecule has 0 spiro atoms. The van der Waals surface area contributed by atoms with E-state index in [-0.39, 0.29) is 31.1 Å². The van der Waals surface area contributed by atoms with Gasteiger partial charge in [0.25, 0.3) is 5.91 Å². The molecule has 11 heteroatoms. The molecule has 0 radical (unpaired) electrons. The van der Waals surface area contributed by atoms with Crippen LogP contribution in [0.3, 0.4) is 0 Å². The molecule has 36 heavy (non-hydrogen) atoms. The Bertz CT molecular complexity index is 1290. The number of piperazine rings is 1. The monoisotopic (exact) mass is 515 g/mol. The number of amides is 2. The summed E-state index contributed by atoms with van der Waals surface area (Å²) in [4.78, 5) is 37.0. The number of aliphatic imine (C=N–C) groups is 1. The van der Waals surface area contributed by atoms with E-state index in [0.717, 1.165) is 16.5 Å². The van der Waals surface area contributed by atoms with Crippen molar-refractivity contribution < 1.29 is 33.1 Å². The number of halogens is 2. The minimum Gasteiger partial charge on any atom is -0.501 e. The van der Waals surface area contributed by atoms with Crippen LogP contribution in [0.15, 0.2) is 57.7 Å². The van der Waals surface area contributed by atoms with Gasteiger partial charge in [0.1, 0.15) is 0 Å². The van der Waals surface area contributed by atoms with Gasteiger partial charge in [-0.25, -0.2) is 18.8 Å². The third-order valence-electron chi connectivity index (χ3n) is 6.82. The van der Waals surface area contributed by atoms with Crippen molar-refractivity contribution in [3.05, 3.63) is 76.2 Å². The Kier molecular flexibility index (Phi) is 6.54. The van der Waals surface area contributed by atoms with Crippen molar-refractivity contribution in [1.82, 2.24) is 9.96 Å². The van der Waals surface area contributed by atoms with Gasteiger partial charge < -0.3 is 14.7 Å². The van der Waals surface area contributed by atoms with Crippen molar-refractivity contribution in [2.24, 2.45) is 4.99 Å². The lowest BCUT2D eigenvalue weighted by Gasteiger charge is -2.51. The molecular weight excluding hydrogens is 492 g/mol. The minimum absolute atomic E-state index is 0.142. The highest BCUT2D eigenvalue weighted by atomic mass is 32.2. The maximum Gasteiger partial charge on any atom is 0.313 e. The van der Waals surface area contributed by atoms with Crippen LogP contribution >= 0.6 is 11.8 Å². The van der Waals surface area contributed by atoms with Crippen LogP contribution in [0.25, 0.3) is 0 Å². The van der Waals surface area contributed by atoms with E-state index in [4.69, 9.17) is 9.57 Å². The molecule has 2 saturated heterocycles. The summed E-state index contributed by atoms with van der Waals surface area (Å²) in [6.07, 6.45) is 0. The second-order valence-corrected chi connectivity index (χ2v) is 9.55. The second-order valence-electron chi connectivity index (χ2n) is 8.53. The predicted molar refractivity (Wildman–Crippen MR) is 127 cm³/mol. The molecule has 3 heterocycles. The number of thioether (sulfide) groups is 1. The number of morpholine rings is 1. The lowest BCUT2D eigenvalue weighted by atomic mass is 9.78. The molecule has 0 aromatic heterocycles. The molecule has 3 aliphatic heterocycles. The fourth-order valence-electron chi connectivity index (χ4n) is 5.25. The van der Waals surface area contributed by atoms with Crippen molar-refractivity contribution in [2.45, 2.75) is 28.6 Å². The van der Waals surface area contributed by atoms with Gasteiger partial charge in [-0.2, -0.15) is 0 Å². The largest absolute Gasteiger partial charge is 0.501 e. The van der Waals surface area contributed by atoms with Gasteiger partial charge in [-0.3, -0.25) is 14.4 Å². The summed E-state index contributed by atoms with van der Waals surface area (Å²) < 4.78 is 35.2. The van der Waals surface area contributed by atoms with Crippen molar-refractivity contribution in [3.63, 3.8) is 0 Å². The van der Waals surface area contributed by atoms with Crippen LogP contribution < -0.4 is 0 Å². The maximum atomic E-state index is 15.1. The van der Waals surface area contributed by atoms with E-state index in [1.165, 1.54) is 28.8 Å². The Balaban J connectivity index is 1.79. The fraction of sp³-hybridized carbons (Fsp3) is 0.320. The van der Waals surface area contributed by atoms with Crippen LogP contribution in [0.4, 0.5) is 8.78 Å². The number of nitrogens with zero attached hydrogens (tertiary/aromatic N) is 3. The van der Waals surface area contributed by atoms with E-state index < -0.39 is 52.9 Å². The van der Waals surface area contributed by atoms with Gasteiger partial charge in [-0.1, -0.05) is 24.3 Å². The van der Waals surface area contributed by atoms with Crippen LogP contribution in [0.2, 0.25) is 0 Å². The number of carbonyl (C=O) groups is 2. The molecule has 0 bridgehead atoms. The number of aliphatic hydroxyl groups is 1. The number of benzene rings is 2. The highest BCUT2D eigenvalue weighted by molar-refractivity contribution is 7.98. The van der Waals surface area contributed by atoms with Gasteiger partial charge in [0.15, 0.2) is 17.3 Å². The molecule has 8 nitrogen and oxygen atoms in total. The molecule has 0 aliphatic carbocycles. The summed E-state index contributed by atoms with van der Waals surface area (Å²) in [7, 11) is 1.31. The van der Waals surface area contributed by atoms with E-state index in [1.54, 1.807) is 6.07 Å². The highest BCUT2D eigenvalue weighted by Gasteiger charge is 2.52. The number of hydrogen-bond acceptors (Lipinski definition) is 7. The molecule has 1 N–H and O–H groups in total. The molecule has 2 aromatic rings. The van der Waals surface area contributed by atoms with Crippen molar-refractivity contribution in [1.29, 1.82) is 0 Å². The summed E-state index contributed by atoms with van der Waals surface area (Å²) in [5.74, 6) is -4.95. The SMILES string of the molecule is C=NC(=O)/C(O)=C1/C(=O)N2CCOCC2C(C2c3ccccc3SCc3c2ccc(F)c3F)N1OC. The number of hydrogen-bond donors (Lipinski definition) is 1. The first-order chi connectivity index (χ1) is 17.4. The van der Waals surface area contributed by atoms with E-state index in [9.17, 15) is 19.1 Å². The summed E-state index contributed by atoms with van der Waals surface area (Å²) >= 11 is 1.38. The third-order valence-corrected chi connectivity index (χ3v) is 7.93. The summed E-state index contributed by atoms with van der Waals surface area (Å²) in [6, 6.07) is 8.75. The van der Waals surface area contributed by atoms with Crippen LogP contribution in [0.1, 0.15) is 22.6 Å². The molecule has 3 unspecified atom stereocenters.